The van der Waals surface area contributed by atoms with Gasteiger partial charge in [-0.05, 0) is 57.6 Å². The number of aryl methyl sites for hydroxylation is 1. The van der Waals surface area contributed by atoms with E-state index in [4.69, 9.17) is 4.74 Å². The highest BCUT2D eigenvalue weighted by molar-refractivity contribution is 6.41. The number of ether oxygens (including phenoxy) is 1. The third kappa shape index (κ3) is 4.33. The Hall–Kier alpha value is -3.42. The van der Waals surface area contributed by atoms with Crippen LogP contribution in [0.15, 0.2) is 48.2 Å². The number of allylic oxidation sites excluding steroid dienone is 1. The fourth-order valence-corrected chi connectivity index (χ4v) is 5.54. The summed E-state index contributed by atoms with van der Waals surface area (Å²) in [5.41, 5.74) is 6.62. The molecule has 0 fully saturated rings. The lowest BCUT2D eigenvalue weighted by atomic mass is 9.88. The molecule has 6 rings (SSSR count). The van der Waals surface area contributed by atoms with Gasteiger partial charge in [0.05, 0.1) is 23.9 Å². The van der Waals surface area contributed by atoms with Crippen LogP contribution < -0.4 is 10.2 Å². The zero-order chi connectivity index (χ0) is 25.4. The van der Waals surface area contributed by atoms with E-state index in [9.17, 15) is 9.59 Å². The monoisotopic (exact) mass is 486 g/mol. The number of fused-ring (bicyclic) bond motifs is 6. The number of aromatic nitrogens is 1. The molecule has 0 aliphatic carbocycles. The maximum atomic E-state index is 13.2. The number of likely N-dealkylation sites (N-methyl/N-ethyl adjacent to an activating group) is 1. The number of hydrogen-bond donors (Lipinski definition) is 1. The highest BCUT2D eigenvalue weighted by Gasteiger charge is 2.37. The van der Waals surface area contributed by atoms with Gasteiger partial charge in [0, 0.05) is 54.9 Å². The van der Waals surface area contributed by atoms with Gasteiger partial charge >= 0.3 is 0 Å². The van der Waals surface area contributed by atoms with E-state index in [1.54, 1.807) is 0 Å². The molecule has 4 bridgehead atoms. The number of nitrogens with one attached hydrogen (secondary N) is 1. The van der Waals surface area contributed by atoms with Crippen LogP contribution in [-0.4, -0.2) is 67.7 Å². The predicted molar refractivity (Wildman–Crippen MR) is 143 cm³/mol. The van der Waals surface area contributed by atoms with Gasteiger partial charge in [-0.2, -0.15) is 0 Å². The summed E-state index contributed by atoms with van der Waals surface area (Å²) in [6, 6.07) is 8.11. The number of carbonyl (C=O) groups excluding carboxylic acids is 2. The number of benzene rings is 1. The lowest BCUT2D eigenvalue weighted by molar-refractivity contribution is -0.123. The SMILES string of the molecule is C/C=C\c1c(C)c2cn1CC[C@@H](CN(C)C)OCCN1CC=C(C3=C2C(=O)NC3=O)c2ccccc21. The maximum absolute atomic E-state index is 13.2. The van der Waals surface area contributed by atoms with Gasteiger partial charge < -0.3 is 19.1 Å². The van der Waals surface area contributed by atoms with Crippen LogP contribution in [0.2, 0.25) is 0 Å². The summed E-state index contributed by atoms with van der Waals surface area (Å²) in [5.74, 6) is -0.663. The van der Waals surface area contributed by atoms with Crippen LogP contribution in [0.3, 0.4) is 0 Å². The Morgan fingerprint density at radius 1 is 1.11 bits per heavy atom. The molecule has 0 saturated heterocycles. The molecule has 0 unspecified atom stereocenters. The van der Waals surface area contributed by atoms with E-state index < -0.39 is 0 Å². The fourth-order valence-electron chi connectivity index (χ4n) is 5.54. The van der Waals surface area contributed by atoms with E-state index in [0.717, 1.165) is 59.7 Å². The molecule has 2 aromatic rings. The number of imide groups is 1. The third-order valence-electron chi connectivity index (χ3n) is 7.20. The van der Waals surface area contributed by atoms with Crippen molar-refractivity contribution in [2.45, 2.75) is 32.9 Å². The molecule has 1 aromatic carbocycles. The van der Waals surface area contributed by atoms with Crippen LogP contribution in [0, 0.1) is 6.92 Å². The highest BCUT2D eigenvalue weighted by atomic mass is 16.5. The number of anilines is 1. The van der Waals surface area contributed by atoms with Crippen molar-refractivity contribution >= 4 is 34.7 Å². The molecule has 7 nitrogen and oxygen atoms in total. The average Bonchev–Trinajstić information content (AvgIpc) is 3.31. The first kappa shape index (κ1) is 24.3. The smallest absolute Gasteiger partial charge is 0.259 e. The quantitative estimate of drug-likeness (QED) is 0.673. The number of hydrogen-bond acceptors (Lipinski definition) is 5. The van der Waals surface area contributed by atoms with Crippen molar-refractivity contribution in [2.75, 3.05) is 45.2 Å². The van der Waals surface area contributed by atoms with Crippen LogP contribution in [0.1, 0.15) is 35.7 Å². The van der Waals surface area contributed by atoms with Gasteiger partial charge in [0.15, 0.2) is 0 Å². The molecule has 4 aliphatic heterocycles. The van der Waals surface area contributed by atoms with E-state index in [-0.39, 0.29) is 17.9 Å². The summed E-state index contributed by atoms with van der Waals surface area (Å²) in [7, 11) is 4.14. The van der Waals surface area contributed by atoms with Crippen LogP contribution in [0.25, 0.3) is 17.2 Å². The first-order valence-electron chi connectivity index (χ1n) is 12.6. The Kier molecular flexibility index (Phi) is 6.69. The molecule has 7 heteroatoms. The molecule has 0 saturated carbocycles. The third-order valence-corrected chi connectivity index (χ3v) is 7.20. The van der Waals surface area contributed by atoms with E-state index in [0.29, 0.717) is 24.3 Å². The molecule has 0 radical (unpaired) electrons. The van der Waals surface area contributed by atoms with Crippen LogP contribution >= 0.6 is 0 Å². The van der Waals surface area contributed by atoms with Crippen molar-refractivity contribution in [1.29, 1.82) is 0 Å². The van der Waals surface area contributed by atoms with Gasteiger partial charge in [-0.15, -0.1) is 0 Å². The highest BCUT2D eigenvalue weighted by Crippen LogP contribution is 2.41. The minimum absolute atomic E-state index is 0.0759. The molecule has 4 aliphatic rings. The predicted octanol–water partition coefficient (Wildman–Crippen LogP) is 3.49. The maximum Gasteiger partial charge on any atom is 0.259 e. The van der Waals surface area contributed by atoms with E-state index in [1.165, 1.54) is 0 Å². The van der Waals surface area contributed by atoms with Gasteiger partial charge in [0.2, 0.25) is 0 Å². The number of carbonyl (C=O) groups is 2. The summed E-state index contributed by atoms with van der Waals surface area (Å²) in [5, 5.41) is 2.58. The van der Waals surface area contributed by atoms with Gasteiger partial charge in [-0.3, -0.25) is 14.9 Å². The first-order valence-corrected chi connectivity index (χ1v) is 12.6. The summed E-state index contributed by atoms with van der Waals surface area (Å²) in [6.45, 7) is 7.62. The fraction of sp³-hybridized carbons (Fsp3) is 0.379. The molecule has 1 N–H and O–H groups in total. The van der Waals surface area contributed by atoms with Crippen LogP contribution in [0.4, 0.5) is 5.69 Å². The first-order chi connectivity index (χ1) is 17.4. The lowest BCUT2D eigenvalue weighted by Gasteiger charge is -2.32. The van der Waals surface area contributed by atoms with E-state index >= 15 is 0 Å². The molecule has 5 heterocycles. The van der Waals surface area contributed by atoms with Gasteiger partial charge in [0.1, 0.15) is 0 Å². The summed E-state index contributed by atoms with van der Waals surface area (Å²) in [6.07, 6.45) is 9.11. The van der Waals surface area contributed by atoms with Crippen molar-refractivity contribution in [3.05, 3.63) is 70.6 Å². The van der Waals surface area contributed by atoms with Crippen molar-refractivity contribution in [3.8, 4) is 0 Å². The number of amides is 2. The molecule has 0 spiro atoms. The van der Waals surface area contributed by atoms with Crippen molar-refractivity contribution < 1.29 is 14.3 Å². The van der Waals surface area contributed by atoms with Crippen LogP contribution in [0.5, 0.6) is 0 Å². The second-order valence-electron chi connectivity index (χ2n) is 9.90. The Bertz CT molecular complexity index is 1300. The Morgan fingerprint density at radius 2 is 1.89 bits per heavy atom. The van der Waals surface area contributed by atoms with Crippen molar-refractivity contribution in [1.82, 2.24) is 14.8 Å². The molecule has 2 amide bonds. The molecular weight excluding hydrogens is 452 g/mol. The largest absolute Gasteiger partial charge is 0.375 e. The van der Waals surface area contributed by atoms with E-state index in [2.05, 4.69) is 52.0 Å². The Morgan fingerprint density at radius 3 is 2.67 bits per heavy atom. The summed E-state index contributed by atoms with van der Waals surface area (Å²) < 4.78 is 8.61. The molecule has 188 valence electrons. The molecular formula is C29H34N4O3. The zero-order valence-corrected chi connectivity index (χ0v) is 21.5. The summed E-state index contributed by atoms with van der Waals surface area (Å²) >= 11 is 0. The molecule has 1 aromatic heterocycles. The van der Waals surface area contributed by atoms with Crippen molar-refractivity contribution in [2.24, 2.45) is 0 Å². The Labute approximate surface area is 212 Å². The zero-order valence-electron chi connectivity index (χ0n) is 21.5. The minimum Gasteiger partial charge on any atom is -0.375 e. The lowest BCUT2D eigenvalue weighted by Crippen LogP contribution is -2.35. The number of rotatable bonds is 3. The molecule has 1 atom stereocenters. The standard InChI is InChI=1S/C29H34N4O3/c1-5-8-24-19(2)23-18-33(24)13-11-20(17-31(3)4)36-16-15-32-14-12-22(21-9-6-7-10-25(21)32)26-27(23)29(35)30-28(26)34/h5-10,12,18,20H,11,13-17H2,1-4H3,(H,30,34,35)/b8-5-/t20-/m0/s1. The van der Waals surface area contributed by atoms with Gasteiger partial charge in [0.25, 0.3) is 11.8 Å². The second kappa shape index (κ2) is 9.91. The van der Waals surface area contributed by atoms with Gasteiger partial charge in [-0.25, -0.2) is 0 Å². The number of para-hydroxylation sites is 1. The van der Waals surface area contributed by atoms with Gasteiger partial charge in [-0.1, -0.05) is 30.4 Å². The summed E-state index contributed by atoms with van der Waals surface area (Å²) in [4.78, 5) is 30.9. The minimum atomic E-state index is -0.332. The Balaban J connectivity index is 1.72. The normalized spacial score (nSPS) is 20.4. The molecule has 36 heavy (non-hydrogen) atoms. The second-order valence-corrected chi connectivity index (χ2v) is 9.90. The topological polar surface area (TPSA) is 66.8 Å². The van der Waals surface area contributed by atoms with Crippen LogP contribution in [-0.2, 0) is 20.9 Å². The van der Waals surface area contributed by atoms with Crippen molar-refractivity contribution in [3.63, 3.8) is 0 Å². The average molecular weight is 487 g/mol. The number of nitrogens with zero attached hydrogens (tertiary/aromatic N) is 3. The van der Waals surface area contributed by atoms with E-state index in [1.807, 2.05) is 44.3 Å².